The summed E-state index contributed by atoms with van der Waals surface area (Å²) in [6.45, 7) is 0.464. The second-order valence-electron chi connectivity index (χ2n) is 5.12. The van der Waals surface area contributed by atoms with Gasteiger partial charge in [-0.1, -0.05) is 13.3 Å². The molecule has 1 rings (SSSR count). The van der Waals surface area contributed by atoms with Crippen molar-refractivity contribution in [2.24, 2.45) is 7.05 Å². The molecule has 0 saturated heterocycles. The van der Waals surface area contributed by atoms with Crippen molar-refractivity contribution < 1.29 is 52.5 Å². The molecule has 0 unspecified atom stereocenters. The number of hydrogen-bond acceptors (Lipinski definition) is 4. The van der Waals surface area contributed by atoms with Gasteiger partial charge in [0.05, 0.1) is 13.6 Å². The fourth-order valence-corrected chi connectivity index (χ4v) is 1.71. The fraction of sp³-hybridized carbons (Fsp3) is 0.750. The van der Waals surface area contributed by atoms with Gasteiger partial charge in [0.1, 0.15) is 19.0 Å². The van der Waals surface area contributed by atoms with Crippen LogP contribution in [0.25, 0.3) is 0 Å². The number of alkyl halides is 7. The van der Waals surface area contributed by atoms with Gasteiger partial charge < -0.3 is 4.55 Å². The molecule has 0 radical (unpaired) electrons. The molecule has 6 nitrogen and oxygen atoms in total. The summed E-state index contributed by atoms with van der Waals surface area (Å²) in [5.41, 5.74) is 0. The predicted octanol–water partition coefficient (Wildman–Crippen LogP) is 2.41. The largest absolute Gasteiger partial charge is 0.726 e. The first-order valence-corrected chi connectivity index (χ1v) is 8.30. The number of rotatable bonds is 7. The van der Waals surface area contributed by atoms with Gasteiger partial charge in [-0.2, -0.15) is 30.7 Å². The molecule has 0 aliphatic carbocycles. The van der Waals surface area contributed by atoms with E-state index in [2.05, 4.69) is 39.0 Å². The maximum Gasteiger partial charge on any atom is 0.459 e. The van der Waals surface area contributed by atoms with E-state index in [1.165, 1.54) is 12.8 Å². The number of nitrogens with zero attached hydrogens (tertiary/aromatic N) is 2. The quantitative estimate of drug-likeness (QED) is 0.295. The van der Waals surface area contributed by atoms with E-state index in [1.807, 2.05) is 7.05 Å². The summed E-state index contributed by atoms with van der Waals surface area (Å²) in [7, 11) is -3.75. The highest BCUT2D eigenvalue weighted by molar-refractivity contribution is 7.80. The van der Waals surface area contributed by atoms with E-state index in [1.54, 1.807) is 0 Å². The molecule has 1 heterocycles. The molecule has 1 aromatic heterocycles. The molecular formula is C12H17F7N2O4S. The number of imidazole rings is 1. The van der Waals surface area contributed by atoms with Crippen molar-refractivity contribution in [3.05, 3.63) is 18.7 Å². The van der Waals surface area contributed by atoms with Crippen LogP contribution in [0.15, 0.2) is 18.7 Å². The Hall–Kier alpha value is -1.41. The third-order valence-electron chi connectivity index (χ3n) is 2.79. The molecule has 1 aromatic rings. The van der Waals surface area contributed by atoms with Crippen LogP contribution in [0, 0.1) is 0 Å². The third kappa shape index (κ3) is 7.86. The smallest absolute Gasteiger partial charge is 0.459 e. The van der Waals surface area contributed by atoms with Crippen LogP contribution in [0.3, 0.4) is 0 Å². The Labute approximate surface area is 145 Å². The molecule has 0 aliphatic heterocycles. The molecule has 0 aromatic carbocycles. The topological polar surface area (TPSA) is 75.2 Å². The number of unbranched alkanes of at least 4 members (excludes halogenated alkanes) is 1. The van der Waals surface area contributed by atoms with Crippen LogP contribution in [0.2, 0.25) is 0 Å². The molecule has 26 heavy (non-hydrogen) atoms. The SMILES string of the molecule is CCCCn1cc[n+](C)c1.O=S(=O)([O-])OCC(F)(F)C(F)(F)C(F)(F)F. The minimum atomic E-state index is -6.60. The summed E-state index contributed by atoms with van der Waals surface area (Å²) >= 11 is 0. The van der Waals surface area contributed by atoms with Crippen LogP contribution in [0.1, 0.15) is 19.8 Å². The normalized spacial score (nSPS) is 13.3. The monoisotopic (exact) mass is 418 g/mol. The highest BCUT2D eigenvalue weighted by Crippen LogP contribution is 2.46. The molecule has 0 bridgehead atoms. The van der Waals surface area contributed by atoms with Crippen molar-refractivity contribution in [1.29, 1.82) is 0 Å². The van der Waals surface area contributed by atoms with Crippen molar-refractivity contribution in [3.63, 3.8) is 0 Å². The van der Waals surface area contributed by atoms with E-state index < -0.39 is 35.0 Å². The summed E-state index contributed by atoms with van der Waals surface area (Å²) in [5, 5.41) is 0. The van der Waals surface area contributed by atoms with Crippen molar-refractivity contribution in [2.45, 2.75) is 44.3 Å². The summed E-state index contributed by atoms with van der Waals surface area (Å²) in [6, 6.07) is 0. The van der Waals surface area contributed by atoms with Crippen LogP contribution in [-0.2, 0) is 28.2 Å². The maximum atomic E-state index is 12.2. The van der Waals surface area contributed by atoms with Crippen LogP contribution < -0.4 is 4.57 Å². The zero-order valence-corrected chi connectivity index (χ0v) is 14.5. The average Bonchev–Trinajstić information content (AvgIpc) is 2.87. The minimum absolute atomic E-state index is 1.15. The lowest BCUT2D eigenvalue weighted by Crippen LogP contribution is -2.54. The lowest BCUT2D eigenvalue weighted by Gasteiger charge is -2.27. The molecule has 0 fully saturated rings. The summed E-state index contributed by atoms with van der Waals surface area (Å²) in [6.07, 6.45) is 2.21. The summed E-state index contributed by atoms with van der Waals surface area (Å²) in [4.78, 5) is 0. The van der Waals surface area contributed by atoms with Crippen LogP contribution in [0.5, 0.6) is 0 Å². The van der Waals surface area contributed by atoms with Gasteiger partial charge in [0, 0.05) is 0 Å². The van der Waals surface area contributed by atoms with Gasteiger partial charge in [-0.15, -0.1) is 0 Å². The Morgan fingerprint density at radius 3 is 2.04 bits per heavy atom. The van der Waals surface area contributed by atoms with Gasteiger partial charge in [-0.3, -0.25) is 4.18 Å². The summed E-state index contributed by atoms with van der Waals surface area (Å²) < 4.78 is 119. The first kappa shape index (κ1) is 24.6. The fourth-order valence-electron chi connectivity index (χ4n) is 1.42. The lowest BCUT2D eigenvalue weighted by atomic mass is 10.2. The molecule has 0 aliphatic rings. The van der Waals surface area contributed by atoms with Crippen LogP contribution in [-0.4, -0.2) is 42.2 Å². The minimum Gasteiger partial charge on any atom is -0.726 e. The molecule has 0 spiro atoms. The van der Waals surface area contributed by atoms with E-state index in [0.29, 0.717) is 0 Å². The van der Waals surface area contributed by atoms with Crippen molar-refractivity contribution >= 4 is 10.4 Å². The standard InChI is InChI=1S/C8H15N2.C4H3F7O4S/c1-3-4-5-10-7-6-9(2)8-10;5-2(6,1-15-16(12,13)14)3(7,8)4(9,10)11/h6-8H,3-5H2,1-2H3;1H2,(H,12,13,14)/q+1;/p-1. The Balaban J connectivity index is 0.000000531. The van der Waals surface area contributed by atoms with E-state index >= 15 is 0 Å². The second-order valence-corrected chi connectivity index (χ2v) is 6.17. The van der Waals surface area contributed by atoms with Crippen molar-refractivity contribution in [1.82, 2.24) is 4.57 Å². The average molecular weight is 418 g/mol. The van der Waals surface area contributed by atoms with Gasteiger partial charge in [0.25, 0.3) is 0 Å². The molecule has 0 atom stereocenters. The molecular weight excluding hydrogens is 401 g/mol. The first-order valence-electron chi connectivity index (χ1n) is 6.97. The first-order chi connectivity index (χ1) is 11.5. The zero-order valence-electron chi connectivity index (χ0n) is 13.6. The molecule has 154 valence electrons. The Kier molecular flexibility index (Phi) is 8.50. The van der Waals surface area contributed by atoms with Gasteiger partial charge in [0.2, 0.25) is 16.7 Å². The number of aromatic nitrogens is 2. The Bertz CT molecular complexity index is 659. The van der Waals surface area contributed by atoms with E-state index in [9.17, 15) is 43.7 Å². The van der Waals surface area contributed by atoms with E-state index in [0.717, 1.165) is 6.54 Å². The van der Waals surface area contributed by atoms with Crippen molar-refractivity contribution in [3.8, 4) is 0 Å². The zero-order chi connectivity index (χ0) is 20.8. The van der Waals surface area contributed by atoms with Crippen molar-refractivity contribution in [2.75, 3.05) is 6.61 Å². The summed E-state index contributed by atoms with van der Waals surface area (Å²) in [5.74, 6) is -12.4. The number of halogens is 7. The van der Waals surface area contributed by atoms with Crippen LogP contribution >= 0.6 is 0 Å². The van der Waals surface area contributed by atoms with E-state index in [4.69, 9.17) is 0 Å². The Morgan fingerprint density at radius 1 is 1.15 bits per heavy atom. The Morgan fingerprint density at radius 2 is 1.69 bits per heavy atom. The maximum absolute atomic E-state index is 12.2. The number of hydrogen-bond donors (Lipinski definition) is 0. The van der Waals surface area contributed by atoms with Gasteiger partial charge in [-0.05, 0) is 6.42 Å². The van der Waals surface area contributed by atoms with E-state index in [-0.39, 0.29) is 0 Å². The number of aryl methyl sites for hydroxylation is 2. The predicted molar refractivity (Wildman–Crippen MR) is 72.1 cm³/mol. The molecule has 0 amide bonds. The molecule has 0 saturated carbocycles. The van der Waals surface area contributed by atoms with Gasteiger partial charge >= 0.3 is 18.0 Å². The van der Waals surface area contributed by atoms with Crippen LogP contribution in [0.4, 0.5) is 30.7 Å². The highest BCUT2D eigenvalue weighted by atomic mass is 32.3. The second kappa shape index (κ2) is 8.99. The highest BCUT2D eigenvalue weighted by Gasteiger charge is 2.73. The molecule has 14 heteroatoms. The molecule has 0 N–H and O–H groups in total. The lowest BCUT2D eigenvalue weighted by molar-refractivity contribution is -0.671. The van der Waals surface area contributed by atoms with Gasteiger partial charge in [-0.25, -0.2) is 17.6 Å². The van der Waals surface area contributed by atoms with Gasteiger partial charge in [0.15, 0.2) is 0 Å². The third-order valence-corrected chi connectivity index (χ3v) is 3.20.